The van der Waals surface area contributed by atoms with Crippen LogP contribution >= 0.6 is 0 Å². The normalized spacial score (nSPS) is 12.5. The molecule has 0 bridgehead atoms. The molecule has 2 rings (SSSR count). The molecule has 1 aliphatic rings. The Morgan fingerprint density at radius 3 is 2.81 bits per heavy atom. The van der Waals surface area contributed by atoms with E-state index in [1.54, 1.807) is 12.1 Å². The first-order chi connectivity index (χ1) is 10.2. The molecule has 7 heteroatoms. The van der Waals surface area contributed by atoms with E-state index in [0.717, 1.165) is 0 Å². The molecular weight excluding hydrogens is 278 g/mol. The van der Waals surface area contributed by atoms with Crippen LogP contribution in [0.5, 0.6) is 23.0 Å². The maximum atomic E-state index is 11.5. The summed E-state index contributed by atoms with van der Waals surface area (Å²) in [5.41, 5.74) is 0.623. The maximum absolute atomic E-state index is 11.5. The van der Waals surface area contributed by atoms with Crippen LogP contribution in [0.25, 0.3) is 6.08 Å². The van der Waals surface area contributed by atoms with Gasteiger partial charge in [0.2, 0.25) is 24.2 Å². The highest BCUT2D eigenvalue weighted by atomic mass is 16.7. The van der Waals surface area contributed by atoms with E-state index in [1.165, 1.54) is 20.3 Å². The van der Waals surface area contributed by atoms with Crippen molar-refractivity contribution in [1.82, 2.24) is 5.32 Å². The summed E-state index contributed by atoms with van der Waals surface area (Å²) in [4.78, 5) is 11.5. The van der Waals surface area contributed by atoms with Crippen molar-refractivity contribution in [2.24, 2.45) is 0 Å². The second-order valence-electron chi connectivity index (χ2n) is 4.11. The van der Waals surface area contributed by atoms with Gasteiger partial charge in [-0.3, -0.25) is 4.79 Å². The molecule has 1 heterocycles. The van der Waals surface area contributed by atoms with Crippen molar-refractivity contribution in [3.8, 4) is 23.0 Å². The Bertz CT molecular complexity index is 555. The lowest BCUT2D eigenvalue weighted by molar-refractivity contribution is -0.116. The van der Waals surface area contributed by atoms with Gasteiger partial charge in [-0.1, -0.05) is 0 Å². The lowest BCUT2D eigenvalue weighted by atomic mass is 10.1. The monoisotopic (exact) mass is 295 g/mol. The van der Waals surface area contributed by atoms with Crippen LogP contribution in [0.1, 0.15) is 5.56 Å². The van der Waals surface area contributed by atoms with E-state index in [-0.39, 0.29) is 25.9 Å². The summed E-state index contributed by atoms with van der Waals surface area (Å²) >= 11 is 0. The molecule has 0 spiro atoms. The van der Waals surface area contributed by atoms with Crippen LogP contribution in [0.3, 0.4) is 0 Å². The number of aliphatic hydroxyl groups excluding tert-OH is 1. The number of hydrogen-bond donors (Lipinski definition) is 2. The topological polar surface area (TPSA) is 86.3 Å². The lowest BCUT2D eigenvalue weighted by Gasteiger charge is -2.11. The van der Waals surface area contributed by atoms with Crippen LogP contribution in [0.2, 0.25) is 0 Å². The molecule has 0 aromatic heterocycles. The first-order valence-corrected chi connectivity index (χ1v) is 6.32. The predicted octanol–water partition coefficient (Wildman–Crippen LogP) is 0.554. The summed E-state index contributed by atoms with van der Waals surface area (Å²) in [6.45, 7) is 0.178. The number of nitrogens with one attached hydrogen (secondary N) is 1. The van der Waals surface area contributed by atoms with E-state index in [9.17, 15) is 4.79 Å². The van der Waals surface area contributed by atoms with Gasteiger partial charge in [0, 0.05) is 18.2 Å². The first-order valence-electron chi connectivity index (χ1n) is 6.32. The van der Waals surface area contributed by atoms with Crippen molar-refractivity contribution < 1.29 is 28.8 Å². The van der Waals surface area contributed by atoms with Crippen molar-refractivity contribution in [2.75, 3.05) is 34.2 Å². The van der Waals surface area contributed by atoms with Gasteiger partial charge in [0.05, 0.1) is 20.8 Å². The third-order valence-corrected chi connectivity index (χ3v) is 2.84. The molecule has 114 valence electrons. The van der Waals surface area contributed by atoms with Crippen LogP contribution in [0.4, 0.5) is 0 Å². The van der Waals surface area contributed by atoms with Crippen LogP contribution in [0, 0.1) is 0 Å². The first kappa shape index (κ1) is 15.0. The van der Waals surface area contributed by atoms with Gasteiger partial charge in [-0.25, -0.2) is 0 Å². The van der Waals surface area contributed by atoms with E-state index in [1.807, 2.05) is 0 Å². The highest BCUT2D eigenvalue weighted by Crippen LogP contribution is 2.49. The second-order valence-corrected chi connectivity index (χ2v) is 4.11. The third kappa shape index (κ3) is 3.19. The minimum atomic E-state index is -0.317. The number of hydrogen-bond acceptors (Lipinski definition) is 6. The number of carbonyl (C=O) groups is 1. The number of ether oxygens (including phenoxy) is 4. The smallest absolute Gasteiger partial charge is 0.244 e. The van der Waals surface area contributed by atoms with E-state index >= 15 is 0 Å². The molecule has 7 nitrogen and oxygen atoms in total. The zero-order valence-corrected chi connectivity index (χ0v) is 11.8. The van der Waals surface area contributed by atoms with E-state index < -0.39 is 0 Å². The average molecular weight is 295 g/mol. The van der Waals surface area contributed by atoms with Gasteiger partial charge < -0.3 is 29.4 Å². The Morgan fingerprint density at radius 2 is 2.14 bits per heavy atom. The van der Waals surface area contributed by atoms with Crippen LogP contribution < -0.4 is 24.3 Å². The number of amides is 1. The summed E-state index contributed by atoms with van der Waals surface area (Å²) in [7, 11) is 3.03. The molecule has 0 radical (unpaired) electrons. The Labute approximate surface area is 122 Å². The van der Waals surface area contributed by atoms with Crippen molar-refractivity contribution >= 4 is 12.0 Å². The molecule has 0 unspecified atom stereocenters. The zero-order chi connectivity index (χ0) is 15.2. The molecule has 1 aliphatic heterocycles. The molecule has 0 atom stereocenters. The molecule has 2 N–H and O–H groups in total. The van der Waals surface area contributed by atoms with Crippen molar-refractivity contribution in [2.45, 2.75) is 0 Å². The van der Waals surface area contributed by atoms with Gasteiger partial charge in [-0.15, -0.1) is 0 Å². The summed E-state index contributed by atoms with van der Waals surface area (Å²) < 4.78 is 21.3. The molecule has 21 heavy (non-hydrogen) atoms. The number of methoxy groups -OCH3 is 2. The fraction of sp³-hybridized carbons (Fsp3) is 0.357. The van der Waals surface area contributed by atoms with Crippen molar-refractivity contribution in [3.63, 3.8) is 0 Å². The summed E-state index contributed by atoms with van der Waals surface area (Å²) in [5, 5.41) is 11.2. The highest BCUT2D eigenvalue weighted by molar-refractivity contribution is 5.92. The Balaban J connectivity index is 2.30. The SMILES string of the molecule is COc1cc(/C=C/C(=O)NCCO)c(OC)c2c1OCO2. The average Bonchev–Trinajstić information content (AvgIpc) is 2.98. The van der Waals surface area contributed by atoms with Crippen LogP contribution in [-0.4, -0.2) is 45.2 Å². The number of benzene rings is 1. The molecular formula is C14H17NO6. The fourth-order valence-corrected chi connectivity index (χ4v) is 1.92. The lowest BCUT2D eigenvalue weighted by Crippen LogP contribution is -2.24. The zero-order valence-electron chi connectivity index (χ0n) is 11.8. The molecule has 1 amide bonds. The molecule has 0 saturated heterocycles. The van der Waals surface area contributed by atoms with Gasteiger partial charge in [0.25, 0.3) is 0 Å². The van der Waals surface area contributed by atoms with Gasteiger partial charge in [0.1, 0.15) is 0 Å². The highest BCUT2D eigenvalue weighted by Gasteiger charge is 2.26. The Morgan fingerprint density at radius 1 is 1.38 bits per heavy atom. The Kier molecular flexibility index (Phi) is 4.89. The van der Waals surface area contributed by atoms with E-state index in [4.69, 9.17) is 24.1 Å². The van der Waals surface area contributed by atoms with E-state index in [0.29, 0.717) is 28.6 Å². The molecule has 1 aromatic rings. The molecule has 0 aliphatic carbocycles. The third-order valence-electron chi connectivity index (χ3n) is 2.84. The van der Waals surface area contributed by atoms with Crippen molar-refractivity contribution in [1.29, 1.82) is 0 Å². The number of rotatable bonds is 6. The van der Waals surface area contributed by atoms with Gasteiger partial charge >= 0.3 is 0 Å². The van der Waals surface area contributed by atoms with Crippen LogP contribution in [-0.2, 0) is 4.79 Å². The summed E-state index contributed by atoms with van der Waals surface area (Å²) in [6.07, 6.45) is 2.92. The minimum Gasteiger partial charge on any atom is -0.493 e. The van der Waals surface area contributed by atoms with Gasteiger partial charge in [-0.2, -0.15) is 0 Å². The predicted molar refractivity (Wildman–Crippen MR) is 74.8 cm³/mol. The van der Waals surface area contributed by atoms with Gasteiger partial charge in [-0.05, 0) is 12.1 Å². The van der Waals surface area contributed by atoms with Gasteiger partial charge in [0.15, 0.2) is 11.5 Å². The molecule has 0 fully saturated rings. The Hall–Kier alpha value is -2.41. The largest absolute Gasteiger partial charge is 0.493 e. The quantitative estimate of drug-likeness (QED) is 0.746. The number of carbonyl (C=O) groups excluding carboxylic acids is 1. The van der Waals surface area contributed by atoms with Crippen LogP contribution in [0.15, 0.2) is 12.1 Å². The summed E-state index contributed by atoms with van der Waals surface area (Å²) in [5.74, 6) is 1.58. The van der Waals surface area contributed by atoms with E-state index in [2.05, 4.69) is 5.32 Å². The fourth-order valence-electron chi connectivity index (χ4n) is 1.92. The van der Waals surface area contributed by atoms with Crippen molar-refractivity contribution in [3.05, 3.63) is 17.7 Å². The second kappa shape index (κ2) is 6.85. The number of fused-ring (bicyclic) bond motifs is 1. The molecule has 0 saturated carbocycles. The minimum absolute atomic E-state index is 0.0895. The summed E-state index contributed by atoms with van der Waals surface area (Å²) in [6, 6.07) is 1.70. The maximum Gasteiger partial charge on any atom is 0.244 e. The standard InChI is InChI=1S/C14H17NO6/c1-18-10-7-9(3-4-11(17)15-5-6-16)12(19-2)14-13(10)20-8-21-14/h3-4,7,16H,5-6,8H2,1-2H3,(H,15,17)/b4-3+. The molecule has 1 aromatic carbocycles. The number of aliphatic hydroxyl groups is 1.